The van der Waals surface area contributed by atoms with Crippen LogP contribution in [0.15, 0.2) is 18.2 Å². The van der Waals surface area contributed by atoms with Crippen molar-refractivity contribution in [2.24, 2.45) is 7.05 Å². The van der Waals surface area contributed by atoms with E-state index >= 15 is 0 Å². The maximum Gasteiger partial charge on any atom is 0.319 e. The van der Waals surface area contributed by atoms with E-state index < -0.39 is 4.92 Å². The fourth-order valence-electron chi connectivity index (χ4n) is 2.31. The Kier molecular flexibility index (Phi) is 4.63. The number of hydrogen-bond acceptors (Lipinski definition) is 4. The Hall–Kier alpha value is -2.90. The highest BCUT2D eigenvalue weighted by Gasteiger charge is 2.12. The van der Waals surface area contributed by atoms with Gasteiger partial charge >= 0.3 is 6.03 Å². The van der Waals surface area contributed by atoms with E-state index in [1.54, 1.807) is 11.6 Å². The van der Waals surface area contributed by atoms with Crippen LogP contribution in [0.2, 0.25) is 0 Å². The van der Waals surface area contributed by atoms with E-state index in [9.17, 15) is 14.9 Å². The summed E-state index contributed by atoms with van der Waals surface area (Å²) in [6.07, 6.45) is 0. The summed E-state index contributed by atoms with van der Waals surface area (Å²) in [5.41, 5.74) is 4.00. The van der Waals surface area contributed by atoms with Crippen molar-refractivity contribution in [3.8, 4) is 0 Å². The lowest BCUT2D eigenvalue weighted by Crippen LogP contribution is -2.28. The van der Waals surface area contributed by atoms with Gasteiger partial charge in [0.25, 0.3) is 5.69 Å². The van der Waals surface area contributed by atoms with Gasteiger partial charge in [0.2, 0.25) is 0 Å². The molecule has 2 rings (SSSR count). The molecule has 1 aromatic heterocycles. The minimum Gasteiger partial charge on any atom is -0.334 e. The van der Waals surface area contributed by atoms with E-state index in [0.29, 0.717) is 17.8 Å². The van der Waals surface area contributed by atoms with E-state index in [1.807, 2.05) is 20.9 Å². The predicted octanol–water partition coefficient (Wildman–Crippen LogP) is 2.58. The second kappa shape index (κ2) is 6.47. The Labute approximate surface area is 133 Å². The van der Waals surface area contributed by atoms with Crippen LogP contribution in [0, 0.1) is 30.9 Å². The highest BCUT2D eigenvalue weighted by molar-refractivity contribution is 5.90. The summed E-state index contributed by atoms with van der Waals surface area (Å²) in [6, 6.07) is 3.93. The quantitative estimate of drug-likeness (QED) is 0.668. The Bertz CT molecular complexity index is 767. The molecule has 2 amide bonds. The monoisotopic (exact) mass is 317 g/mol. The third-order valence-corrected chi connectivity index (χ3v) is 3.75. The lowest BCUT2D eigenvalue weighted by atomic mass is 10.2. The van der Waals surface area contributed by atoms with Crippen LogP contribution in [0.4, 0.5) is 16.2 Å². The average molecular weight is 317 g/mol. The largest absolute Gasteiger partial charge is 0.334 e. The molecule has 122 valence electrons. The van der Waals surface area contributed by atoms with Crippen LogP contribution in [-0.4, -0.2) is 20.7 Å². The van der Waals surface area contributed by atoms with Gasteiger partial charge in [0.15, 0.2) is 0 Å². The van der Waals surface area contributed by atoms with Gasteiger partial charge < -0.3 is 10.6 Å². The summed E-state index contributed by atoms with van der Waals surface area (Å²) in [4.78, 5) is 22.2. The van der Waals surface area contributed by atoms with Gasteiger partial charge in [-0.25, -0.2) is 4.79 Å². The van der Waals surface area contributed by atoms with Crippen molar-refractivity contribution < 1.29 is 9.72 Å². The van der Waals surface area contributed by atoms with Gasteiger partial charge in [-0.1, -0.05) is 0 Å². The molecule has 0 atom stereocenters. The van der Waals surface area contributed by atoms with Crippen molar-refractivity contribution in [1.82, 2.24) is 15.1 Å². The smallest absolute Gasteiger partial charge is 0.319 e. The molecule has 0 aliphatic rings. The number of benzene rings is 1. The van der Waals surface area contributed by atoms with Crippen LogP contribution in [-0.2, 0) is 13.6 Å². The summed E-state index contributed by atoms with van der Waals surface area (Å²) >= 11 is 0. The summed E-state index contributed by atoms with van der Waals surface area (Å²) in [5, 5.41) is 20.5. The second-order valence-electron chi connectivity index (χ2n) is 5.34. The number of nitro groups is 1. The SMILES string of the molecule is Cc1cc([N+](=O)[O-])ccc1NC(=O)NCc1c(C)nn(C)c1C. The van der Waals surface area contributed by atoms with Crippen LogP contribution in [0.1, 0.15) is 22.5 Å². The van der Waals surface area contributed by atoms with Gasteiger partial charge in [0, 0.05) is 42.7 Å². The molecule has 0 unspecified atom stereocenters. The van der Waals surface area contributed by atoms with Crippen molar-refractivity contribution in [3.05, 3.63) is 50.8 Å². The highest BCUT2D eigenvalue weighted by Crippen LogP contribution is 2.21. The number of carbonyl (C=O) groups excluding carboxylic acids is 1. The third kappa shape index (κ3) is 3.65. The molecule has 2 aromatic rings. The molecule has 0 radical (unpaired) electrons. The Morgan fingerprint density at radius 1 is 1.35 bits per heavy atom. The number of aryl methyl sites for hydroxylation is 3. The van der Waals surface area contributed by atoms with Crippen LogP contribution < -0.4 is 10.6 Å². The van der Waals surface area contributed by atoms with Crippen molar-refractivity contribution >= 4 is 17.4 Å². The van der Waals surface area contributed by atoms with Crippen molar-refractivity contribution in [2.75, 3.05) is 5.32 Å². The number of amides is 2. The van der Waals surface area contributed by atoms with Crippen LogP contribution in [0.5, 0.6) is 0 Å². The Morgan fingerprint density at radius 2 is 2.04 bits per heavy atom. The lowest BCUT2D eigenvalue weighted by molar-refractivity contribution is -0.384. The summed E-state index contributed by atoms with van der Waals surface area (Å²) < 4.78 is 1.77. The fourth-order valence-corrected chi connectivity index (χ4v) is 2.31. The standard InChI is InChI=1S/C15H19N5O3/c1-9-7-12(20(22)23)5-6-14(9)17-15(21)16-8-13-10(2)18-19(4)11(13)3/h5-7H,8H2,1-4H3,(H2,16,17,21). The topological polar surface area (TPSA) is 102 Å². The number of non-ortho nitro benzene ring substituents is 1. The average Bonchev–Trinajstić information content (AvgIpc) is 2.72. The van der Waals surface area contributed by atoms with E-state index in [4.69, 9.17) is 0 Å². The molecule has 0 saturated carbocycles. The number of hydrogen-bond donors (Lipinski definition) is 2. The number of nitrogens with one attached hydrogen (secondary N) is 2. The minimum atomic E-state index is -0.467. The number of anilines is 1. The van der Waals surface area contributed by atoms with Crippen molar-refractivity contribution in [3.63, 3.8) is 0 Å². The molecule has 1 aromatic carbocycles. The predicted molar refractivity (Wildman–Crippen MR) is 86.4 cm³/mol. The number of nitrogens with zero attached hydrogens (tertiary/aromatic N) is 3. The van der Waals surface area contributed by atoms with Gasteiger partial charge in [-0.3, -0.25) is 14.8 Å². The summed E-state index contributed by atoms with van der Waals surface area (Å²) in [6.45, 7) is 5.90. The first-order chi connectivity index (χ1) is 10.8. The van der Waals surface area contributed by atoms with Gasteiger partial charge in [-0.2, -0.15) is 5.10 Å². The van der Waals surface area contributed by atoms with Gasteiger partial charge in [0.1, 0.15) is 0 Å². The molecule has 0 aliphatic carbocycles. The molecule has 0 bridgehead atoms. The molecule has 8 heteroatoms. The van der Waals surface area contributed by atoms with E-state index in [0.717, 1.165) is 17.0 Å². The molecular weight excluding hydrogens is 298 g/mol. The molecule has 8 nitrogen and oxygen atoms in total. The van der Waals surface area contributed by atoms with Crippen LogP contribution in [0.25, 0.3) is 0 Å². The van der Waals surface area contributed by atoms with Crippen molar-refractivity contribution in [2.45, 2.75) is 27.3 Å². The minimum absolute atomic E-state index is 0.00457. The number of aromatic nitrogens is 2. The number of rotatable bonds is 4. The Morgan fingerprint density at radius 3 is 2.57 bits per heavy atom. The maximum atomic E-state index is 12.0. The molecule has 0 fully saturated rings. The number of nitro benzene ring substituents is 1. The zero-order valence-electron chi connectivity index (χ0n) is 13.5. The molecule has 2 N–H and O–H groups in total. The zero-order chi connectivity index (χ0) is 17.1. The number of urea groups is 1. The molecule has 0 spiro atoms. The van der Waals surface area contributed by atoms with E-state index in [1.165, 1.54) is 18.2 Å². The first kappa shape index (κ1) is 16.5. The van der Waals surface area contributed by atoms with Gasteiger partial charge in [-0.15, -0.1) is 0 Å². The summed E-state index contributed by atoms with van der Waals surface area (Å²) in [5.74, 6) is 0. The maximum absolute atomic E-state index is 12.0. The molecule has 1 heterocycles. The molecule has 23 heavy (non-hydrogen) atoms. The molecular formula is C15H19N5O3. The summed E-state index contributed by atoms with van der Waals surface area (Å²) in [7, 11) is 1.85. The van der Waals surface area contributed by atoms with Gasteiger partial charge in [0.05, 0.1) is 10.6 Å². The van der Waals surface area contributed by atoms with Gasteiger partial charge in [-0.05, 0) is 32.4 Å². The first-order valence-corrected chi connectivity index (χ1v) is 7.08. The first-order valence-electron chi connectivity index (χ1n) is 7.08. The second-order valence-corrected chi connectivity index (χ2v) is 5.34. The lowest BCUT2D eigenvalue weighted by Gasteiger charge is -2.10. The molecule has 0 aliphatic heterocycles. The van der Waals surface area contributed by atoms with E-state index in [-0.39, 0.29) is 11.7 Å². The highest BCUT2D eigenvalue weighted by atomic mass is 16.6. The molecule has 0 saturated heterocycles. The fraction of sp³-hybridized carbons (Fsp3) is 0.333. The number of carbonyl (C=O) groups is 1. The Balaban J connectivity index is 2.01. The zero-order valence-corrected chi connectivity index (χ0v) is 13.5. The van der Waals surface area contributed by atoms with Crippen molar-refractivity contribution in [1.29, 1.82) is 0 Å². The normalized spacial score (nSPS) is 10.4. The van der Waals surface area contributed by atoms with E-state index in [2.05, 4.69) is 15.7 Å². The van der Waals surface area contributed by atoms with Crippen LogP contribution >= 0.6 is 0 Å². The van der Waals surface area contributed by atoms with Crippen LogP contribution in [0.3, 0.4) is 0 Å². The third-order valence-electron chi connectivity index (χ3n) is 3.75.